The van der Waals surface area contributed by atoms with Gasteiger partial charge in [0, 0.05) is 68.3 Å². The van der Waals surface area contributed by atoms with E-state index in [-0.39, 0.29) is 11.3 Å². The number of fused-ring (bicyclic) bond motifs is 1. The van der Waals surface area contributed by atoms with Gasteiger partial charge in [-0.2, -0.15) is 5.10 Å². The van der Waals surface area contributed by atoms with Gasteiger partial charge in [-0.15, -0.1) is 0 Å². The van der Waals surface area contributed by atoms with E-state index in [4.69, 9.17) is 0 Å². The number of carbonyl (C=O) groups excluding carboxylic acids is 1. The highest BCUT2D eigenvalue weighted by Gasteiger charge is 2.61. The minimum Gasteiger partial charge on any atom is -0.370 e. The molecule has 0 bridgehead atoms. The van der Waals surface area contributed by atoms with Crippen molar-refractivity contribution in [2.24, 2.45) is 10.8 Å². The topological polar surface area (TPSA) is 49.6 Å². The molecule has 1 saturated carbocycles. The number of pyridine rings is 1. The zero-order valence-electron chi connectivity index (χ0n) is 20.7. The highest BCUT2D eigenvalue weighted by molar-refractivity contribution is 14.2. The fourth-order valence-electron chi connectivity index (χ4n) is 5.36. The zero-order chi connectivity index (χ0) is 26.1. The van der Waals surface area contributed by atoms with Crippen molar-refractivity contribution in [3.05, 3.63) is 65.2 Å². The Morgan fingerprint density at radius 2 is 2.06 bits per heavy atom. The highest BCUT2D eigenvalue weighted by Crippen LogP contribution is 2.61. The number of nitrogens with zero attached hydrogens (tertiary/aromatic N) is 3. The van der Waals surface area contributed by atoms with Gasteiger partial charge in [0.15, 0.2) is 0 Å². The third kappa shape index (κ3) is 5.35. The Morgan fingerprint density at radius 3 is 2.67 bits per heavy atom. The molecule has 2 aromatic heterocycles. The smallest absolute Gasteiger partial charge is 0.259 e. The van der Waals surface area contributed by atoms with Gasteiger partial charge in [0.25, 0.3) is 5.91 Å². The molecule has 1 amide bonds. The number of alkyl halides is 2. The molecule has 9 heteroatoms. The number of nitrogens with one attached hydrogen (secondary N) is 1. The van der Waals surface area contributed by atoms with Gasteiger partial charge in [0.1, 0.15) is 0 Å². The van der Waals surface area contributed by atoms with Crippen molar-refractivity contribution in [3.63, 3.8) is 0 Å². The second-order valence-corrected chi connectivity index (χ2v) is 11.9. The molecule has 0 radical (unpaired) electrons. The predicted octanol–water partition coefficient (Wildman–Crippen LogP) is 6.78. The summed E-state index contributed by atoms with van der Waals surface area (Å²) in [5.74, 6) is 2.83. The average molecular weight is 623 g/mol. The number of hydrogen-bond acceptors (Lipinski definition) is 4. The quantitative estimate of drug-likeness (QED) is 0.220. The Morgan fingerprint density at radius 1 is 1.33 bits per heavy atom. The molecule has 4 rings (SSSR count). The molecule has 1 aliphatic heterocycles. The second-order valence-electron chi connectivity index (χ2n) is 10.2. The summed E-state index contributed by atoms with van der Waals surface area (Å²) in [6.45, 7) is 9.00. The molecule has 190 valence electrons. The maximum atomic E-state index is 13.3. The Bertz CT molecular complexity index is 1320. The Hall–Kier alpha value is -2.32. The summed E-state index contributed by atoms with van der Waals surface area (Å²) in [6.07, 6.45) is 7.94. The van der Waals surface area contributed by atoms with Crippen LogP contribution in [0.1, 0.15) is 50.9 Å². The van der Waals surface area contributed by atoms with E-state index in [9.17, 15) is 13.6 Å². The summed E-state index contributed by atoms with van der Waals surface area (Å²) in [5.41, 5.74) is 3.71. The lowest BCUT2D eigenvalue weighted by molar-refractivity contribution is -0.138. The van der Waals surface area contributed by atoms with Crippen LogP contribution in [0.4, 0.5) is 14.5 Å². The molecule has 2 fully saturated rings. The van der Waals surface area contributed by atoms with Crippen LogP contribution in [0.5, 0.6) is 0 Å². The van der Waals surface area contributed by atoms with Gasteiger partial charge in [-0.25, -0.2) is 13.3 Å². The summed E-state index contributed by atoms with van der Waals surface area (Å²) in [6, 6.07) is 3.91. The normalized spacial score (nSPS) is 18.1. The first-order valence-electron chi connectivity index (χ1n) is 11.7. The van der Waals surface area contributed by atoms with Gasteiger partial charge in [-0.05, 0) is 66.0 Å². The van der Waals surface area contributed by atoms with Crippen LogP contribution in [-0.2, 0) is 0 Å². The number of carbonyl (C=O) groups is 1. The van der Waals surface area contributed by atoms with Gasteiger partial charge < -0.3 is 10.2 Å². The van der Waals surface area contributed by atoms with E-state index in [1.165, 1.54) is 8.93 Å². The number of aromatic nitrogens is 2. The lowest BCUT2D eigenvalue weighted by Crippen LogP contribution is -2.66. The third-order valence-corrected chi connectivity index (χ3v) is 7.76. The van der Waals surface area contributed by atoms with Gasteiger partial charge in [-0.3, -0.25) is 4.79 Å². The van der Waals surface area contributed by atoms with Crippen molar-refractivity contribution in [2.45, 2.75) is 47.0 Å². The van der Waals surface area contributed by atoms with Crippen LogP contribution in [0.2, 0.25) is 0 Å². The van der Waals surface area contributed by atoms with E-state index in [1.54, 1.807) is 17.6 Å². The minimum atomic E-state index is -2.27. The SMILES string of the molecule is C/C=C\C(C#CSI)=C/C(NC(=O)c1cnn2ccc(N3CC4(C3)CC(C)(C(F)F)C4)cc12)=C(C)C. The van der Waals surface area contributed by atoms with E-state index < -0.39 is 11.8 Å². The number of rotatable bonds is 6. The molecule has 1 spiro atoms. The van der Waals surface area contributed by atoms with Crippen molar-refractivity contribution in [2.75, 3.05) is 18.0 Å². The molecule has 1 saturated heterocycles. The van der Waals surface area contributed by atoms with Crippen LogP contribution in [0.3, 0.4) is 0 Å². The van der Waals surface area contributed by atoms with E-state index in [0.717, 1.165) is 29.9 Å². The van der Waals surface area contributed by atoms with E-state index in [0.29, 0.717) is 29.6 Å². The maximum Gasteiger partial charge on any atom is 0.259 e. The molecule has 0 unspecified atom stereocenters. The van der Waals surface area contributed by atoms with Crippen molar-refractivity contribution in [1.29, 1.82) is 0 Å². The summed E-state index contributed by atoms with van der Waals surface area (Å²) < 4.78 is 28.2. The fraction of sp³-hybridized carbons (Fsp3) is 0.407. The van der Waals surface area contributed by atoms with Crippen molar-refractivity contribution < 1.29 is 13.6 Å². The van der Waals surface area contributed by atoms with Gasteiger partial charge in [0.05, 0.1) is 17.3 Å². The highest BCUT2D eigenvalue weighted by atomic mass is 127. The first kappa shape index (κ1) is 26.7. The average Bonchev–Trinajstić information content (AvgIpc) is 3.21. The molecule has 0 aromatic carbocycles. The van der Waals surface area contributed by atoms with Crippen LogP contribution in [-0.4, -0.2) is 35.0 Å². The minimum absolute atomic E-state index is 0.00815. The molecule has 0 atom stereocenters. The molecule has 5 nitrogen and oxygen atoms in total. The van der Waals surface area contributed by atoms with Crippen LogP contribution in [0, 0.1) is 22.0 Å². The predicted molar refractivity (Wildman–Crippen MR) is 151 cm³/mol. The largest absolute Gasteiger partial charge is 0.370 e. The lowest BCUT2D eigenvalue weighted by Gasteiger charge is -2.63. The van der Waals surface area contributed by atoms with E-state index in [2.05, 4.69) is 47.7 Å². The molecule has 2 aliphatic rings. The standard InChI is InChI=1S/C27H29F2IN4OS/c1-5-6-19(8-10-36-30)11-22(18(2)3)32-24(35)21-13-31-34-9-7-20(12-23(21)34)33-16-27(17-33)14-26(4,15-27)25(28)29/h5-7,9,11-13,25H,14-17H2,1-4H3,(H,32,35)/b6-5-,19-11+. The van der Waals surface area contributed by atoms with E-state index >= 15 is 0 Å². The summed E-state index contributed by atoms with van der Waals surface area (Å²) in [5, 5.41) is 10.3. The lowest BCUT2D eigenvalue weighted by atomic mass is 9.50. The fourth-order valence-corrected chi connectivity index (χ4v) is 5.85. The Labute approximate surface area is 227 Å². The number of hydrogen-bond donors (Lipinski definition) is 1. The number of anilines is 1. The van der Waals surface area contributed by atoms with Crippen LogP contribution in [0.15, 0.2) is 59.6 Å². The first-order valence-corrected chi connectivity index (χ1v) is 15.1. The number of amides is 1. The van der Waals surface area contributed by atoms with Gasteiger partial charge in [0.2, 0.25) is 6.43 Å². The van der Waals surface area contributed by atoms with Crippen LogP contribution >= 0.6 is 30.1 Å². The summed E-state index contributed by atoms with van der Waals surface area (Å²) >= 11 is 2.12. The second kappa shape index (κ2) is 10.6. The molecule has 1 aliphatic carbocycles. The van der Waals surface area contributed by atoms with E-state index in [1.807, 2.05) is 57.3 Å². The molecular weight excluding hydrogens is 593 g/mol. The summed E-state index contributed by atoms with van der Waals surface area (Å²) in [4.78, 5) is 15.5. The van der Waals surface area contributed by atoms with Crippen molar-refractivity contribution in [1.82, 2.24) is 14.9 Å². The molecule has 36 heavy (non-hydrogen) atoms. The summed E-state index contributed by atoms with van der Waals surface area (Å²) in [7, 11) is 1.40. The van der Waals surface area contributed by atoms with Crippen LogP contribution in [0.25, 0.3) is 5.52 Å². The molecule has 1 N–H and O–H groups in total. The van der Waals surface area contributed by atoms with Gasteiger partial charge in [-0.1, -0.05) is 30.6 Å². The van der Waals surface area contributed by atoms with Crippen molar-refractivity contribution in [3.8, 4) is 11.2 Å². The first-order chi connectivity index (χ1) is 17.1. The number of halogens is 3. The molecule has 2 aromatic rings. The van der Waals surface area contributed by atoms with Crippen molar-refractivity contribution >= 4 is 47.2 Å². The number of allylic oxidation sites excluding steroid dienone is 5. The zero-order valence-corrected chi connectivity index (χ0v) is 23.7. The Kier molecular flexibility index (Phi) is 7.86. The third-order valence-electron chi connectivity index (χ3n) is 6.92. The molecule has 3 heterocycles. The molecular formula is C27H29F2IN4OS. The monoisotopic (exact) mass is 622 g/mol. The Balaban J connectivity index is 1.52. The van der Waals surface area contributed by atoms with Crippen LogP contribution < -0.4 is 10.2 Å². The maximum absolute atomic E-state index is 13.3. The van der Waals surface area contributed by atoms with Gasteiger partial charge >= 0.3 is 0 Å².